The first-order valence-electron chi connectivity index (χ1n) is 13.9. The van der Waals surface area contributed by atoms with Gasteiger partial charge in [0, 0.05) is 30.2 Å². The number of nitrogens with one attached hydrogen (secondary N) is 1. The second-order valence-corrected chi connectivity index (χ2v) is 10.7. The van der Waals surface area contributed by atoms with Gasteiger partial charge in [-0.2, -0.15) is 0 Å². The molecule has 43 heavy (non-hydrogen) atoms. The zero-order valence-corrected chi connectivity index (χ0v) is 26.9. The summed E-state index contributed by atoms with van der Waals surface area (Å²) in [6, 6.07) is 45.5. The Balaban J connectivity index is 0.00000423. The molecule has 0 spiro atoms. The van der Waals surface area contributed by atoms with Crippen LogP contribution < -0.4 is 14.8 Å². The molecule has 1 N–H and O–H groups in total. The lowest BCUT2D eigenvalue weighted by Crippen LogP contribution is -2.28. The number of rotatable bonds is 11. The first-order chi connectivity index (χ1) is 20.7. The van der Waals surface area contributed by atoms with Crippen molar-refractivity contribution in [2.45, 2.75) is 18.8 Å². The monoisotopic (exact) mass is 653 g/mol. The highest BCUT2D eigenvalue weighted by Gasteiger charge is 2.15. The van der Waals surface area contributed by atoms with Gasteiger partial charge < -0.3 is 19.7 Å². The van der Waals surface area contributed by atoms with Crippen LogP contribution in [0.1, 0.15) is 16.7 Å². The zero-order valence-electron chi connectivity index (χ0n) is 24.4. The maximum atomic E-state index is 5.39. The summed E-state index contributed by atoms with van der Waals surface area (Å²) >= 11 is 1.75. The molecule has 0 amide bonds. The number of hydrogen-bond acceptors (Lipinski definition) is 5. The first-order valence-corrected chi connectivity index (χ1v) is 14.9. The molecule has 0 saturated carbocycles. The highest BCUT2D eigenvalue weighted by molar-refractivity contribution is 8.93. The van der Waals surface area contributed by atoms with E-state index in [1.165, 1.54) is 16.7 Å². The molecule has 5 aromatic rings. The molecule has 0 aliphatic carbocycles. The molecule has 0 unspecified atom stereocenters. The van der Waals surface area contributed by atoms with Gasteiger partial charge in [0.25, 0.3) is 0 Å². The molecule has 0 heterocycles. The van der Waals surface area contributed by atoms with Gasteiger partial charge in [-0.1, -0.05) is 84.6 Å². The van der Waals surface area contributed by atoms with E-state index >= 15 is 0 Å². The van der Waals surface area contributed by atoms with Crippen molar-refractivity contribution in [3.05, 3.63) is 150 Å². The fourth-order valence-electron chi connectivity index (χ4n) is 4.43. The molecule has 7 heteroatoms. The van der Waals surface area contributed by atoms with Gasteiger partial charge in [0.15, 0.2) is 5.17 Å². The largest absolute Gasteiger partial charge is 0.497 e. The van der Waals surface area contributed by atoms with Crippen LogP contribution in [-0.4, -0.2) is 24.3 Å². The number of methoxy groups -OCH3 is 2. The van der Waals surface area contributed by atoms with Gasteiger partial charge in [-0.15, -0.1) is 17.0 Å². The number of halogens is 1. The van der Waals surface area contributed by atoms with Crippen molar-refractivity contribution in [3.63, 3.8) is 0 Å². The van der Waals surface area contributed by atoms with Crippen molar-refractivity contribution in [2.75, 3.05) is 19.5 Å². The Bertz CT molecular complexity index is 1500. The Morgan fingerprint density at radius 2 is 1.09 bits per heavy atom. The summed E-state index contributed by atoms with van der Waals surface area (Å²) in [5.74, 6) is 2.50. The number of nitrogens with zero attached hydrogens (tertiary/aromatic N) is 2. The number of ether oxygens (including phenoxy) is 2. The Labute approximate surface area is 269 Å². The fraction of sp³-hybridized carbons (Fsp3) is 0.139. The molecule has 5 rings (SSSR count). The van der Waals surface area contributed by atoms with Gasteiger partial charge in [0.2, 0.25) is 0 Å². The summed E-state index contributed by atoms with van der Waals surface area (Å²) in [7, 11) is 3.38. The third-order valence-electron chi connectivity index (χ3n) is 6.70. The van der Waals surface area contributed by atoms with E-state index in [1.54, 1.807) is 26.0 Å². The zero-order chi connectivity index (χ0) is 29.0. The quantitative estimate of drug-likeness (QED) is 0.114. The predicted molar refractivity (Wildman–Crippen MR) is 187 cm³/mol. The lowest BCUT2D eigenvalue weighted by molar-refractivity contribution is 0.405. The minimum absolute atomic E-state index is 0. The molecular weight excluding hydrogens is 618 g/mol. The smallest absolute Gasteiger partial charge is 0.165 e. The number of amidine groups is 1. The summed E-state index contributed by atoms with van der Waals surface area (Å²) in [5, 5.41) is 4.41. The minimum atomic E-state index is 0. The maximum absolute atomic E-state index is 5.39. The first kappa shape index (κ1) is 31.7. The third-order valence-corrected chi connectivity index (χ3v) is 7.79. The van der Waals surface area contributed by atoms with Crippen LogP contribution in [0.5, 0.6) is 11.5 Å². The van der Waals surface area contributed by atoms with Crippen molar-refractivity contribution < 1.29 is 9.47 Å². The molecule has 0 atom stereocenters. The molecule has 5 aromatic carbocycles. The van der Waals surface area contributed by atoms with E-state index in [-0.39, 0.29) is 17.0 Å². The summed E-state index contributed by atoms with van der Waals surface area (Å²) in [6.07, 6.45) is 0. The Hall–Kier alpha value is -4.20. The Morgan fingerprint density at radius 1 is 0.605 bits per heavy atom. The molecule has 220 valence electrons. The van der Waals surface area contributed by atoms with Crippen molar-refractivity contribution in [2.24, 2.45) is 4.99 Å². The van der Waals surface area contributed by atoms with Crippen molar-refractivity contribution in [1.29, 1.82) is 0 Å². The predicted octanol–water partition coefficient (Wildman–Crippen LogP) is 9.65. The van der Waals surface area contributed by atoms with Gasteiger partial charge in [-0.05, 0) is 77.4 Å². The van der Waals surface area contributed by atoms with E-state index in [1.807, 2.05) is 48.5 Å². The number of anilines is 2. The SMILES string of the molecule is Br.COc1ccc(CN(Cc2ccc(OC)cc2)C(=Nc2ccc(Nc3ccccc3)cc2)SCc2ccccc2)cc1. The number of hydrogen-bond donors (Lipinski definition) is 1. The van der Waals surface area contributed by atoms with E-state index in [0.717, 1.165) is 39.5 Å². The molecule has 0 radical (unpaired) electrons. The molecule has 5 nitrogen and oxygen atoms in total. The average molecular weight is 655 g/mol. The summed E-state index contributed by atoms with van der Waals surface area (Å²) in [5.41, 5.74) is 6.59. The molecule has 0 aliphatic rings. The van der Waals surface area contributed by atoms with Crippen LogP contribution in [0.3, 0.4) is 0 Å². The molecule has 0 bridgehead atoms. The number of benzene rings is 5. The van der Waals surface area contributed by atoms with E-state index in [4.69, 9.17) is 14.5 Å². The topological polar surface area (TPSA) is 46.1 Å². The standard InChI is InChI=1S/C36H35N3O2S.BrH/c1-40-34-21-13-28(14-22-34)25-39(26-29-15-23-35(41-2)24-16-29)36(42-27-30-9-5-3-6-10-30)38-33-19-17-32(18-20-33)37-31-11-7-4-8-12-31;/h3-24,37H,25-27H2,1-2H3;1H. The molecule has 0 fully saturated rings. The number of thioether (sulfide) groups is 1. The Morgan fingerprint density at radius 3 is 1.60 bits per heavy atom. The van der Waals surface area contributed by atoms with E-state index in [2.05, 4.69) is 95.1 Å². The van der Waals surface area contributed by atoms with Crippen LogP contribution in [0, 0.1) is 0 Å². The second-order valence-electron chi connectivity index (χ2n) is 9.76. The van der Waals surface area contributed by atoms with Crippen molar-refractivity contribution >= 4 is 51.0 Å². The highest BCUT2D eigenvalue weighted by atomic mass is 79.9. The maximum Gasteiger partial charge on any atom is 0.165 e. The lowest BCUT2D eigenvalue weighted by atomic mass is 10.1. The van der Waals surface area contributed by atoms with Crippen LogP contribution in [0.25, 0.3) is 0 Å². The molecule has 0 saturated heterocycles. The van der Waals surface area contributed by atoms with Crippen LogP contribution >= 0.6 is 28.7 Å². The van der Waals surface area contributed by atoms with Gasteiger partial charge in [0.1, 0.15) is 11.5 Å². The van der Waals surface area contributed by atoms with Gasteiger partial charge in [-0.25, -0.2) is 4.99 Å². The molecule has 0 aliphatic heterocycles. The van der Waals surface area contributed by atoms with Gasteiger partial charge >= 0.3 is 0 Å². The second kappa shape index (κ2) is 16.4. The van der Waals surface area contributed by atoms with Gasteiger partial charge in [-0.3, -0.25) is 0 Å². The lowest BCUT2D eigenvalue weighted by Gasteiger charge is -2.26. The van der Waals surface area contributed by atoms with Crippen LogP contribution in [0.15, 0.2) is 138 Å². The Kier molecular flexibility index (Phi) is 12.1. The average Bonchev–Trinajstić information content (AvgIpc) is 3.05. The van der Waals surface area contributed by atoms with Crippen LogP contribution in [0.2, 0.25) is 0 Å². The summed E-state index contributed by atoms with van der Waals surface area (Å²) in [6.45, 7) is 1.40. The highest BCUT2D eigenvalue weighted by Crippen LogP contribution is 2.27. The van der Waals surface area contributed by atoms with Crippen molar-refractivity contribution in [3.8, 4) is 11.5 Å². The van der Waals surface area contributed by atoms with E-state index in [0.29, 0.717) is 13.1 Å². The van der Waals surface area contributed by atoms with E-state index < -0.39 is 0 Å². The van der Waals surface area contributed by atoms with E-state index in [9.17, 15) is 0 Å². The van der Waals surface area contributed by atoms with Gasteiger partial charge in [0.05, 0.1) is 19.9 Å². The number of aliphatic imine (C=N–C) groups is 1. The van der Waals surface area contributed by atoms with Crippen LogP contribution in [0.4, 0.5) is 17.1 Å². The number of para-hydroxylation sites is 1. The molecule has 0 aromatic heterocycles. The summed E-state index contributed by atoms with van der Waals surface area (Å²) < 4.78 is 10.8. The minimum Gasteiger partial charge on any atom is -0.497 e. The normalized spacial score (nSPS) is 10.9. The van der Waals surface area contributed by atoms with Crippen LogP contribution in [-0.2, 0) is 18.8 Å². The van der Waals surface area contributed by atoms with Crippen molar-refractivity contribution in [1.82, 2.24) is 4.90 Å². The molecular formula is C36H36BrN3O2S. The summed E-state index contributed by atoms with van der Waals surface area (Å²) in [4.78, 5) is 7.55. The fourth-order valence-corrected chi connectivity index (χ4v) is 5.40. The third kappa shape index (κ3) is 9.66.